The van der Waals surface area contributed by atoms with Crippen LogP contribution >= 0.6 is 0 Å². The summed E-state index contributed by atoms with van der Waals surface area (Å²) in [6.07, 6.45) is -0.211. The van der Waals surface area contributed by atoms with Gasteiger partial charge in [0.25, 0.3) is 0 Å². The average Bonchev–Trinajstić information content (AvgIpc) is 2.89. The Morgan fingerprint density at radius 3 is 2.77 bits per heavy atom. The van der Waals surface area contributed by atoms with E-state index in [1.54, 1.807) is 0 Å². The second kappa shape index (κ2) is 7.61. The van der Waals surface area contributed by atoms with E-state index < -0.39 is 29.7 Å². The first-order chi connectivity index (χ1) is 12.4. The maximum atomic E-state index is 12.2. The van der Waals surface area contributed by atoms with E-state index in [9.17, 15) is 9.59 Å². The summed E-state index contributed by atoms with van der Waals surface area (Å²) in [6, 6.07) is 8.37. The molecule has 0 unspecified atom stereocenters. The predicted molar refractivity (Wildman–Crippen MR) is 88.9 cm³/mol. The van der Waals surface area contributed by atoms with E-state index in [1.165, 1.54) is 7.11 Å². The first kappa shape index (κ1) is 18.6. The van der Waals surface area contributed by atoms with Crippen LogP contribution in [0.15, 0.2) is 30.3 Å². The highest BCUT2D eigenvalue weighted by Gasteiger charge is 2.58. The Balaban J connectivity index is 1.66. The zero-order valence-corrected chi connectivity index (χ0v) is 14.9. The van der Waals surface area contributed by atoms with Crippen molar-refractivity contribution in [3.8, 4) is 0 Å². The SMILES string of the molecule is COC(=O)C[C@H](NC(=O)OCc1ccccc1)[C@]12OCC[C@](C)(CO1)O2. The van der Waals surface area contributed by atoms with Crippen LogP contribution in [0.2, 0.25) is 0 Å². The van der Waals surface area contributed by atoms with E-state index in [0.717, 1.165) is 5.56 Å². The molecule has 0 spiro atoms. The summed E-state index contributed by atoms with van der Waals surface area (Å²) in [7, 11) is 1.27. The van der Waals surface area contributed by atoms with E-state index in [-0.39, 0.29) is 13.0 Å². The lowest BCUT2D eigenvalue weighted by Gasteiger charge is -2.39. The maximum absolute atomic E-state index is 12.2. The molecule has 2 aliphatic heterocycles. The van der Waals surface area contributed by atoms with E-state index in [1.807, 2.05) is 37.3 Å². The number of carbonyl (C=O) groups excluding carboxylic acids is 2. The minimum Gasteiger partial charge on any atom is -0.469 e. The third-order valence-electron chi connectivity index (χ3n) is 4.43. The summed E-state index contributed by atoms with van der Waals surface area (Å²) in [6.45, 7) is 2.71. The smallest absolute Gasteiger partial charge is 0.407 e. The van der Waals surface area contributed by atoms with Crippen molar-refractivity contribution >= 4 is 12.1 Å². The van der Waals surface area contributed by atoms with Gasteiger partial charge in [-0.15, -0.1) is 0 Å². The van der Waals surface area contributed by atoms with Crippen molar-refractivity contribution in [1.29, 1.82) is 0 Å². The van der Waals surface area contributed by atoms with Gasteiger partial charge in [-0.05, 0) is 12.5 Å². The molecule has 0 aromatic heterocycles. The Kier molecular flexibility index (Phi) is 5.45. The number of benzene rings is 1. The summed E-state index contributed by atoms with van der Waals surface area (Å²) >= 11 is 0. The van der Waals surface area contributed by atoms with E-state index in [2.05, 4.69) is 5.32 Å². The quantitative estimate of drug-likeness (QED) is 0.768. The lowest BCUT2D eigenvalue weighted by molar-refractivity contribution is -0.378. The van der Waals surface area contributed by atoms with Crippen LogP contribution in [0.5, 0.6) is 0 Å². The Bertz CT molecular complexity index is 652. The lowest BCUT2D eigenvalue weighted by Crippen LogP contribution is -2.59. The van der Waals surface area contributed by atoms with Gasteiger partial charge in [0.05, 0.1) is 32.3 Å². The molecular weight excluding hydrogens is 342 g/mol. The van der Waals surface area contributed by atoms with E-state index in [4.69, 9.17) is 23.7 Å². The number of hydrogen-bond donors (Lipinski definition) is 1. The zero-order chi connectivity index (χ0) is 18.6. The van der Waals surface area contributed by atoms with Gasteiger partial charge in [0, 0.05) is 6.42 Å². The Labute approximate surface area is 151 Å². The monoisotopic (exact) mass is 365 g/mol. The van der Waals surface area contributed by atoms with Crippen molar-refractivity contribution in [2.75, 3.05) is 20.3 Å². The van der Waals surface area contributed by atoms with Gasteiger partial charge < -0.3 is 29.0 Å². The molecule has 2 bridgehead atoms. The third-order valence-corrected chi connectivity index (χ3v) is 4.43. The van der Waals surface area contributed by atoms with Crippen molar-refractivity contribution < 1.29 is 33.3 Å². The third kappa shape index (κ3) is 4.14. The molecule has 0 saturated carbocycles. The number of esters is 1. The molecule has 1 amide bonds. The summed E-state index contributed by atoms with van der Waals surface area (Å²) in [5.41, 5.74) is 0.336. The summed E-state index contributed by atoms with van der Waals surface area (Å²) in [4.78, 5) is 24.0. The van der Waals surface area contributed by atoms with Gasteiger partial charge in [0.15, 0.2) is 0 Å². The van der Waals surface area contributed by atoms with Crippen LogP contribution in [0.3, 0.4) is 0 Å². The van der Waals surface area contributed by atoms with Crippen molar-refractivity contribution in [2.45, 2.75) is 44.0 Å². The number of amides is 1. The van der Waals surface area contributed by atoms with Crippen LogP contribution in [0.1, 0.15) is 25.3 Å². The molecule has 2 heterocycles. The van der Waals surface area contributed by atoms with E-state index in [0.29, 0.717) is 19.6 Å². The number of methoxy groups -OCH3 is 1. The zero-order valence-electron chi connectivity index (χ0n) is 14.9. The van der Waals surface area contributed by atoms with Crippen molar-refractivity contribution in [3.05, 3.63) is 35.9 Å². The fraction of sp³-hybridized carbons (Fsp3) is 0.556. The average molecular weight is 365 g/mol. The molecule has 1 aromatic carbocycles. The number of rotatable bonds is 6. The first-order valence-electron chi connectivity index (χ1n) is 8.47. The molecule has 8 heteroatoms. The molecule has 2 fully saturated rings. The molecule has 1 aromatic rings. The van der Waals surface area contributed by atoms with Crippen LogP contribution < -0.4 is 5.32 Å². The van der Waals surface area contributed by atoms with Gasteiger partial charge in [-0.1, -0.05) is 30.3 Å². The normalized spacial score (nSPS) is 28.2. The molecule has 142 valence electrons. The number of ether oxygens (including phenoxy) is 5. The topological polar surface area (TPSA) is 92.3 Å². The van der Waals surface area contributed by atoms with Gasteiger partial charge in [0.2, 0.25) is 0 Å². The molecule has 3 atom stereocenters. The molecular formula is C18H23NO7. The number of alkyl carbamates (subject to hydrolysis) is 1. The van der Waals surface area contributed by atoms with Gasteiger partial charge in [-0.25, -0.2) is 4.79 Å². The van der Waals surface area contributed by atoms with Gasteiger partial charge in [-0.3, -0.25) is 4.79 Å². The standard InChI is InChI=1S/C18H23NO7/c1-17-8-9-24-18(26-17,25-12-17)14(10-15(20)22-2)19-16(21)23-11-13-6-4-3-5-7-13/h3-7,14H,8-12H2,1-2H3,(H,19,21)/t14-,17+,18-/m0/s1. The van der Waals surface area contributed by atoms with Crippen LogP contribution in [-0.2, 0) is 35.1 Å². The number of fused-ring (bicyclic) bond motifs is 2. The summed E-state index contributed by atoms with van der Waals surface area (Å²) < 4.78 is 27.2. The minimum atomic E-state index is -1.52. The molecule has 0 radical (unpaired) electrons. The van der Waals surface area contributed by atoms with Gasteiger partial charge >= 0.3 is 18.0 Å². The summed E-state index contributed by atoms with van der Waals surface area (Å²) in [5.74, 6) is -2.05. The largest absolute Gasteiger partial charge is 0.469 e. The van der Waals surface area contributed by atoms with E-state index >= 15 is 0 Å². The summed E-state index contributed by atoms with van der Waals surface area (Å²) in [5, 5.41) is 2.62. The van der Waals surface area contributed by atoms with Crippen LogP contribution in [0.4, 0.5) is 4.79 Å². The Morgan fingerprint density at radius 1 is 1.27 bits per heavy atom. The number of carbonyl (C=O) groups is 2. The number of hydrogen-bond acceptors (Lipinski definition) is 7. The fourth-order valence-corrected chi connectivity index (χ4v) is 2.95. The van der Waals surface area contributed by atoms with Gasteiger partial charge in [-0.2, -0.15) is 0 Å². The predicted octanol–water partition coefficient (Wildman–Crippen LogP) is 1.72. The lowest BCUT2D eigenvalue weighted by atomic mass is 10.0. The molecule has 26 heavy (non-hydrogen) atoms. The highest BCUT2D eigenvalue weighted by atomic mass is 16.9. The number of nitrogens with one attached hydrogen (secondary N) is 1. The highest BCUT2D eigenvalue weighted by molar-refractivity contribution is 5.73. The second-order valence-corrected chi connectivity index (χ2v) is 6.58. The first-order valence-corrected chi connectivity index (χ1v) is 8.47. The molecule has 2 aliphatic rings. The molecule has 0 aliphatic carbocycles. The van der Waals surface area contributed by atoms with Crippen LogP contribution in [0.25, 0.3) is 0 Å². The van der Waals surface area contributed by atoms with Crippen LogP contribution in [0, 0.1) is 0 Å². The molecule has 3 rings (SSSR count). The molecule has 1 N–H and O–H groups in total. The Morgan fingerprint density at radius 2 is 2.04 bits per heavy atom. The highest BCUT2D eigenvalue weighted by Crippen LogP contribution is 2.41. The van der Waals surface area contributed by atoms with Crippen LogP contribution in [-0.4, -0.2) is 50.0 Å². The van der Waals surface area contributed by atoms with Crippen molar-refractivity contribution in [1.82, 2.24) is 5.32 Å². The maximum Gasteiger partial charge on any atom is 0.407 e. The molecule has 2 saturated heterocycles. The van der Waals surface area contributed by atoms with Crippen molar-refractivity contribution in [3.63, 3.8) is 0 Å². The van der Waals surface area contributed by atoms with Crippen molar-refractivity contribution in [2.24, 2.45) is 0 Å². The molecule has 8 nitrogen and oxygen atoms in total. The van der Waals surface area contributed by atoms with Gasteiger partial charge in [0.1, 0.15) is 12.6 Å². The minimum absolute atomic E-state index is 0.102. The Hall–Kier alpha value is -2.16. The second-order valence-electron chi connectivity index (χ2n) is 6.58. The fourth-order valence-electron chi connectivity index (χ4n) is 2.95.